The van der Waals surface area contributed by atoms with Gasteiger partial charge in [0.25, 0.3) is 5.91 Å². The molecule has 22 heavy (non-hydrogen) atoms. The van der Waals surface area contributed by atoms with E-state index in [1.54, 1.807) is 12.1 Å². The van der Waals surface area contributed by atoms with Crippen LogP contribution in [0.1, 0.15) is 11.1 Å². The van der Waals surface area contributed by atoms with Gasteiger partial charge < -0.3 is 5.32 Å². The number of rotatable bonds is 1. The molecule has 0 aromatic heterocycles. The lowest BCUT2D eigenvalue weighted by atomic mass is 10.1. The van der Waals surface area contributed by atoms with Crippen molar-refractivity contribution >= 4 is 23.2 Å². The first-order chi connectivity index (χ1) is 10.7. The fourth-order valence-corrected chi connectivity index (χ4v) is 2.79. The molecule has 0 unspecified atom stereocenters. The average molecular weight is 289 g/mol. The molecule has 0 saturated heterocycles. The van der Waals surface area contributed by atoms with Crippen LogP contribution in [0.25, 0.3) is 22.8 Å². The summed E-state index contributed by atoms with van der Waals surface area (Å²) in [6.07, 6.45) is 1.81. The first-order valence-corrected chi connectivity index (χ1v) is 7.02. The Morgan fingerprint density at radius 2 is 1.64 bits per heavy atom. The van der Waals surface area contributed by atoms with Crippen molar-refractivity contribution in [3.63, 3.8) is 0 Å². The molecule has 1 aliphatic heterocycles. The lowest BCUT2D eigenvalue weighted by molar-refractivity contribution is -0.110. The van der Waals surface area contributed by atoms with Crippen LogP contribution >= 0.6 is 0 Å². The molecule has 0 saturated carbocycles. The molecular weight excluding hydrogens is 277 g/mol. The van der Waals surface area contributed by atoms with E-state index < -0.39 is 0 Å². The molecular formula is C19H12FNO. The van der Waals surface area contributed by atoms with E-state index in [0.29, 0.717) is 16.8 Å². The van der Waals surface area contributed by atoms with Gasteiger partial charge in [-0.1, -0.05) is 30.3 Å². The van der Waals surface area contributed by atoms with Crippen LogP contribution < -0.4 is 5.32 Å². The van der Waals surface area contributed by atoms with Crippen LogP contribution in [0.4, 0.5) is 10.1 Å². The van der Waals surface area contributed by atoms with E-state index in [9.17, 15) is 9.18 Å². The van der Waals surface area contributed by atoms with Crippen molar-refractivity contribution in [1.29, 1.82) is 0 Å². The van der Waals surface area contributed by atoms with Crippen molar-refractivity contribution in [3.05, 3.63) is 77.6 Å². The Bertz CT molecular complexity index is 867. The van der Waals surface area contributed by atoms with Gasteiger partial charge in [0.1, 0.15) is 5.82 Å². The van der Waals surface area contributed by atoms with Crippen molar-refractivity contribution < 1.29 is 9.18 Å². The number of fused-ring (bicyclic) bond motifs is 2. The summed E-state index contributed by atoms with van der Waals surface area (Å²) in [6, 6.07) is 18.4. The Morgan fingerprint density at radius 1 is 0.909 bits per heavy atom. The summed E-state index contributed by atoms with van der Waals surface area (Å²) in [7, 11) is 0. The monoisotopic (exact) mass is 289 g/mol. The molecule has 1 amide bonds. The summed E-state index contributed by atoms with van der Waals surface area (Å²) >= 11 is 0. The Morgan fingerprint density at radius 3 is 2.36 bits per heavy atom. The third kappa shape index (κ3) is 2.07. The van der Waals surface area contributed by atoms with Crippen LogP contribution in [0.3, 0.4) is 0 Å². The number of carbonyl (C=O) groups is 1. The number of hydrogen-bond acceptors (Lipinski definition) is 1. The lowest BCUT2D eigenvalue weighted by Gasteiger charge is -1.97. The SMILES string of the molecule is O=C1Nc2ccc(F)cc2/C1=C\c1cc2cccccc-2c1. The number of anilines is 1. The summed E-state index contributed by atoms with van der Waals surface area (Å²) in [5, 5.41) is 2.76. The van der Waals surface area contributed by atoms with Crippen molar-refractivity contribution in [3.8, 4) is 11.1 Å². The van der Waals surface area contributed by atoms with E-state index in [-0.39, 0.29) is 11.7 Å². The number of benzene rings is 1. The number of amides is 1. The lowest BCUT2D eigenvalue weighted by Crippen LogP contribution is -2.03. The average Bonchev–Trinajstić information content (AvgIpc) is 2.93. The highest BCUT2D eigenvalue weighted by molar-refractivity contribution is 6.35. The zero-order chi connectivity index (χ0) is 15.1. The van der Waals surface area contributed by atoms with Gasteiger partial charge in [-0.15, -0.1) is 0 Å². The van der Waals surface area contributed by atoms with Crippen LogP contribution in [-0.2, 0) is 4.79 Å². The topological polar surface area (TPSA) is 29.1 Å². The van der Waals surface area contributed by atoms with E-state index in [2.05, 4.69) is 5.32 Å². The third-order valence-corrected chi connectivity index (χ3v) is 3.83. The highest BCUT2D eigenvalue weighted by atomic mass is 19.1. The molecule has 0 atom stereocenters. The summed E-state index contributed by atoms with van der Waals surface area (Å²) < 4.78 is 13.4. The molecule has 0 fully saturated rings. The van der Waals surface area contributed by atoms with E-state index >= 15 is 0 Å². The van der Waals surface area contributed by atoms with Gasteiger partial charge in [-0.05, 0) is 53.1 Å². The first kappa shape index (κ1) is 12.8. The molecule has 4 rings (SSSR count). The molecule has 2 aliphatic carbocycles. The number of nitrogens with one attached hydrogen (secondary N) is 1. The van der Waals surface area contributed by atoms with E-state index in [0.717, 1.165) is 16.7 Å². The summed E-state index contributed by atoms with van der Waals surface area (Å²) in [6.45, 7) is 0. The van der Waals surface area contributed by atoms with Gasteiger partial charge in [0.2, 0.25) is 0 Å². The van der Waals surface area contributed by atoms with E-state index in [4.69, 9.17) is 0 Å². The van der Waals surface area contributed by atoms with Crippen LogP contribution in [0.5, 0.6) is 0 Å². The van der Waals surface area contributed by atoms with Crippen molar-refractivity contribution in [2.75, 3.05) is 5.32 Å². The molecule has 1 aromatic rings. The maximum atomic E-state index is 13.4. The molecule has 0 bridgehead atoms. The summed E-state index contributed by atoms with van der Waals surface area (Å²) in [5.74, 6) is -0.544. The fourth-order valence-electron chi connectivity index (χ4n) is 2.79. The normalized spacial score (nSPS) is 15.1. The van der Waals surface area contributed by atoms with Crippen molar-refractivity contribution in [2.45, 2.75) is 0 Å². The van der Waals surface area contributed by atoms with Crippen molar-refractivity contribution in [1.82, 2.24) is 0 Å². The number of hydrogen-bond donors (Lipinski definition) is 1. The minimum absolute atomic E-state index is 0.198. The smallest absolute Gasteiger partial charge is 0.256 e. The summed E-state index contributed by atoms with van der Waals surface area (Å²) in [4.78, 5) is 12.1. The largest absolute Gasteiger partial charge is 0.321 e. The third-order valence-electron chi connectivity index (χ3n) is 3.83. The second-order valence-electron chi connectivity index (χ2n) is 5.31. The van der Waals surface area contributed by atoms with Crippen LogP contribution in [0.2, 0.25) is 0 Å². The van der Waals surface area contributed by atoms with E-state index in [1.807, 2.05) is 42.5 Å². The van der Waals surface area contributed by atoms with Gasteiger partial charge in [0.05, 0.1) is 0 Å². The van der Waals surface area contributed by atoms with E-state index in [1.165, 1.54) is 12.1 Å². The Labute approximate surface area is 127 Å². The predicted octanol–water partition coefficient (Wildman–Crippen LogP) is 4.42. The Hall–Kier alpha value is -2.94. The highest BCUT2D eigenvalue weighted by Gasteiger charge is 2.24. The maximum Gasteiger partial charge on any atom is 0.256 e. The molecule has 3 aliphatic rings. The van der Waals surface area contributed by atoms with Gasteiger partial charge in [-0.25, -0.2) is 4.39 Å². The highest BCUT2D eigenvalue weighted by Crippen LogP contribution is 2.35. The molecule has 0 radical (unpaired) electrons. The molecule has 0 spiro atoms. The number of carbonyl (C=O) groups excluding carboxylic acids is 1. The maximum absolute atomic E-state index is 13.4. The van der Waals surface area contributed by atoms with Gasteiger partial charge in [-0.3, -0.25) is 4.79 Å². The van der Waals surface area contributed by atoms with Gasteiger partial charge in [0.15, 0.2) is 0 Å². The zero-order valence-electron chi connectivity index (χ0n) is 11.6. The number of halogens is 1. The minimum Gasteiger partial charge on any atom is -0.321 e. The van der Waals surface area contributed by atoms with Gasteiger partial charge in [-0.2, -0.15) is 0 Å². The van der Waals surface area contributed by atoms with Gasteiger partial charge in [0, 0.05) is 16.8 Å². The molecule has 1 heterocycles. The molecule has 106 valence electrons. The van der Waals surface area contributed by atoms with Crippen LogP contribution in [0.15, 0.2) is 60.7 Å². The fraction of sp³-hybridized carbons (Fsp3) is 0. The molecule has 1 N–H and O–H groups in total. The van der Waals surface area contributed by atoms with Crippen molar-refractivity contribution in [2.24, 2.45) is 0 Å². The second kappa shape index (κ2) is 4.81. The first-order valence-electron chi connectivity index (χ1n) is 7.02. The Kier molecular flexibility index (Phi) is 2.79. The van der Waals surface area contributed by atoms with Gasteiger partial charge >= 0.3 is 0 Å². The standard InChI is InChI=1S/C19H12FNO/c20-15-6-7-18-16(11-15)17(19(22)21-18)10-12-8-13-4-2-1-3-5-14(13)9-12/h1-11H,(H,21,22)/b17-10+. The molecule has 1 aromatic carbocycles. The van der Waals surface area contributed by atoms with Crippen LogP contribution in [-0.4, -0.2) is 5.91 Å². The summed E-state index contributed by atoms with van der Waals surface area (Å²) in [5.41, 5.74) is 4.91. The quantitative estimate of drug-likeness (QED) is 0.660. The Balaban J connectivity index is 1.84. The second-order valence-corrected chi connectivity index (χ2v) is 5.31. The molecule has 2 nitrogen and oxygen atoms in total. The molecule has 3 heteroatoms. The zero-order valence-corrected chi connectivity index (χ0v) is 11.6. The minimum atomic E-state index is -0.346. The van der Waals surface area contributed by atoms with Crippen LogP contribution in [0, 0.1) is 5.82 Å². The predicted molar refractivity (Wildman–Crippen MR) is 86.0 cm³/mol.